The SMILES string of the molecule is CCN(Cc1ccc(CN(CC)[C@H]2CCN(c3ncccc3C(=O)OC(C)C)C2)cc1)[C@H]1CCN(c2ncccc2C(=O)OC(C)C)C1. The molecule has 2 aliphatic rings. The average molecular weight is 657 g/mol. The van der Waals surface area contributed by atoms with Crippen molar-refractivity contribution in [1.29, 1.82) is 0 Å². The van der Waals surface area contributed by atoms with Gasteiger partial charge >= 0.3 is 11.9 Å². The Kier molecular flexibility index (Phi) is 12.1. The summed E-state index contributed by atoms with van der Waals surface area (Å²) < 4.78 is 11.0. The predicted octanol–water partition coefficient (Wildman–Crippen LogP) is 5.81. The molecule has 2 aromatic heterocycles. The van der Waals surface area contributed by atoms with Gasteiger partial charge in [-0.2, -0.15) is 0 Å². The molecule has 0 radical (unpaired) electrons. The smallest absolute Gasteiger partial charge is 0.342 e. The molecule has 0 bridgehead atoms. The maximum absolute atomic E-state index is 12.7. The first-order chi connectivity index (χ1) is 23.2. The molecule has 48 heavy (non-hydrogen) atoms. The molecule has 0 amide bonds. The summed E-state index contributed by atoms with van der Waals surface area (Å²) in [4.78, 5) is 44.2. The fraction of sp³-hybridized carbons (Fsp3) is 0.526. The van der Waals surface area contributed by atoms with Crippen molar-refractivity contribution in [1.82, 2.24) is 19.8 Å². The maximum atomic E-state index is 12.7. The number of carbonyl (C=O) groups is 2. The molecule has 258 valence electrons. The number of rotatable bonds is 14. The van der Waals surface area contributed by atoms with Crippen LogP contribution in [0.1, 0.15) is 86.2 Å². The van der Waals surface area contributed by atoms with E-state index in [-0.39, 0.29) is 24.1 Å². The van der Waals surface area contributed by atoms with Gasteiger partial charge in [-0.25, -0.2) is 19.6 Å². The number of esters is 2. The first-order valence-electron chi connectivity index (χ1n) is 17.5. The number of aromatic nitrogens is 2. The molecule has 0 N–H and O–H groups in total. The lowest BCUT2D eigenvalue weighted by atomic mass is 10.1. The Bertz CT molecular complexity index is 1400. The number of hydrogen-bond donors (Lipinski definition) is 0. The molecule has 2 atom stereocenters. The van der Waals surface area contributed by atoms with Gasteiger partial charge in [0.2, 0.25) is 0 Å². The summed E-state index contributed by atoms with van der Waals surface area (Å²) in [6.07, 6.45) is 5.18. The largest absolute Gasteiger partial charge is 0.459 e. The third-order valence-corrected chi connectivity index (χ3v) is 9.26. The minimum absolute atomic E-state index is 0.175. The van der Waals surface area contributed by atoms with E-state index in [2.05, 4.69) is 67.7 Å². The topological polar surface area (TPSA) is 91.3 Å². The van der Waals surface area contributed by atoms with Crippen LogP contribution in [0, 0.1) is 0 Å². The number of hydrogen-bond acceptors (Lipinski definition) is 10. The van der Waals surface area contributed by atoms with Gasteiger partial charge < -0.3 is 19.3 Å². The molecule has 1 aromatic carbocycles. The number of likely N-dealkylation sites (N-methyl/N-ethyl adjacent to an activating group) is 2. The van der Waals surface area contributed by atoms with Crippen molar-refractivity contribution in [3.63, 3.8) is 0 Å². The van der Waals surface area contributed by atoms with E-state index >= 15 is 0 Å². The Morgan fingerprint density at radius 2 is 1.10 bits per heavy atom. The average Bonchev–Trinajstić information content (AvgIpc) is 3.77. The Labute approximate surface area is 286 Å². The second-order valence-corrected chi connectivity index (χ2v) is 13.4. The van der Waals surface area contributed by atoms with Crippen LogP contribution < -0.4 is 9.80 Å². The van der Waals surface area contributed by atoms with Crippen LogP contribution in [0.25, 0.3) is 0 Å². The number of anilines is 2. The van der Waals surface area contributed by atoms with E-state index in [0.29, 0.717) is 34.8 Å². The molecule has 0 unspecified atom stereocenters. The van der Waals surface area contributed by atoms with Gasteiger partial charge in [-0.3, -0.25) is 9.80 Å². The van der Waals surface area contributed by atoms with Crippen LogP contribution in [0.2, 0.25) is 0 Å². The highest BCUT2D eigenvalue weighted by molar-refractivity contribution is 5.95. The lowest BCUT2D eigenvalue weighted by Crippen LogP contribution is -2.37. The van der Waals surface area contributed by atoms with Crippen molar-refractivity contribution in [2.45, 2.75) is 91.8 Å². The van der Waals surface area contributed by atoms with Crippen LogP contribution in [0.5, 0.6) is 0 Å². The molecule has 2 fully saturated rings. The van der Waals surface area contributed by atoms with Gasteiger partial charge in [-0.05, 0) is 89.0 Å². The second-order valence-electron chi connectivity index (χ2n) is 13.4. The molecule has 4 heterocycles. The van der Waals surface area contributed by atoms with E-state index in [9.17, 15) is 9.59 Å². The zero-order chi connectivity index (χ0) is 34.2. The van der Waals surface area contributed by atoms with Gasteiger partial charge in [0.15, 0.2) is 0 Å². The van der Waals surface area contributed by atoms with Crippen LogP contribution in [0.3, 0.4) is 0 Å². The highest BCUT2D eigenvalue weighted by atomic mass is 16.5. The molecule has 0 spiro atoms. The number of pyridine rings is 2. The Balaban J connectivity index is 1.17. The number of nitrogens with zero attached hydrogens (tertiary/aromatic N) is 6. The van der Waals surface area contributed by atoms with Crippen LogP contribution in [-0.2, 0) is 22.6 Å². The van der Waals surface area contributed by atoms with Crippen LogP contribution >= 0.6 is 0 Å². The number of carbonyl (C=O) groups excluding carboxylic acids is 2. The Hall–Kier alpha value is -4.02. The zero-order valence-corrected chi connectivity index (χ0v) is 29.5. The molecule has 10 nitrogen and oxygen atoms in total. The summed E-state index contributed by atoms with van der Waals surface area (Å²) >= 11 is 0. The van der Waals surface area contributed by atoms with Crippen LogP contribution in [-0.4, -0.2) is 95.3 Å². The summed E-state index contributed by atoms with van der Waals surface area (Å²) in [5, 5.41) is 0. The molecule has 3 aromatic rings. The summed E-state index contributed by atoms with van der Waals surface area (Å²) in [5.41, 5.74) is 3.66. The zero-order valence-electron chi connectivity index (χ0n) is 29.5. The third-order valence-electron chi connectivity index (χ3n) is 9.26. The van der Waals surface area contributed by atoms with Crippen molar-refractivity contribution in [3.05, 3.63) is 83.2 Å². The molecule has 10 heteroatoms. The summed E-state index contributed by atoms with van der Waals surface area (Å²) in [7, 11) is 0. The molecular weight excluding hydrogens is 604 g/mol. The number of benzene rings is 1. The molecule has 2 aliphatic heterocycles. The van der Waals surface area contributed by atoms with Crippen molar-refractivity contribution >= 4 is 23.6 Å². The third kappa shape index (κ3) is 8.71. The Morgan fingerprint density at radius 3 is 1.46 bits per heavy atom. The second kappa shape index (κ2) is 16.4. The van der Waals surface area contributed by atoms with Gasteiger partial charge in [0.25, 0.3) is 0 Å². The van der Waals surface area contributed by atoms with Gasteiger partial charge in [0.1, 0.15) is 22.8 Å². The maximum Gasteiger partial charge on any atom is 0.342 e. The van der Waals surface area contributed by atoms with Gasteiger partial charge in [0, 0.05) is 63.7 Å². The first-order valence-corrected chi connectivity index (χ1v) is 17.5. The normalized spacial score (nSPS) is 18.0. The van der Waals surface area contributed by atoms with Gasteiger partial charge in [-0.15, -0.1) is 0 Å². The molecule has 5 rings (SSSR count). The van der Waals surface area contributed by atoms with Crippen molar-refractivity contribution in [2.75, 3.05) is 49.1 Å². The van der Waals surface area contributed by atoms with E-state index in [1.165, 1.54) is 11.1 Å². The van der Waals surface area contributed by atoms with E-state index in [0.717, 1.165) is 65.2 Å². The lowest BCUT2D eigenvalue weighted by molar-refractivity contribution is 0.0367. The van der Waals surface area contributed by atoms with Crippen LogP contribution in [0.4, 0.5) is 11.6 Å². The molecule has 0 saturated carbocycles. The fourth-order valence-corrected chi connectivity index (χ4v) is 6.85. The quantitative estimate of drug-likeness (QED) is 0.198. The molecule has 2 saturated heterocycles. The van der Waals surface area contributed by atoms with Crippen molar-refractivity contribution in [2.24, 2.45) is 0 Å². The number of ether oxygens (including phenoxy) is 2. The van der Waals surface area contributed by atoms with Crippen molar-refractivity contribution < 1.29 is 19.1 Å². The standard InChI is InChI=1S/C38H52N6O4/c1-7-41(31-17-21-43(25-31)35-33(11-9-19-39-35)37(45)47-27(3)4)23-29-13-15-30(16-14-29)24-42(8-2)32-18-22-44(26-32)36-34(12-10-20-40-36)38(46)48-28(5)6/h9-16,19-20,27-28,31-32H,7-8,17-18,21-26H2,1-6H3/t31-,32-/m0/s1. The summed E-state index contributed by atoms with van der Waals surface area (Å²) in [6, 6.07) is 17.0. The fourth-order valence-electron chi connectivity index (χ4n) is 6.85. The van der Waals surface area contributed by atoms with Gasteiger partial charge in [0.05, 0.1) is 12.2 Å². The minimum atomic E-state index is -0.318. The van der Waals surface area contributed by atoms with E-state index in [1.807, 2.05) is 39.8 Å². The highest BCUT2D eigenvalue weighted by Crippen LogP contribution is 2.28. The first kappa shape index (κ1) is 35.3. The van der Waals surface area contributed by atoms with Gasteiger partial charge in [-0.1, -0.05) is 38.1 Å². The molecule has 0 aliphatic carbocycles. The monoisotopic (exact) mass is 656 g/mol. The lowest BCUT2D eigenvalue weighted by Gasteiger charge is -2.29. The van der Waals surface area contributed by atoms with Crippen molar-refractivity contribution in [3.8, 4) is 0 Å². The van der Waals surface area contributed by atoms with E-state index < -0.39 is 0 Å². The Morgan fingerprint density at radius 1 is 0.708 bits per heavy atom. The van der Waals surface area contributed by atoms with E-state index in [1.54, 1.807) is 24.5 Å². The van der Waals surface area contributed by atoms with E-state index in [4.69, 9.17) is 9.47 Å². The highest BCUT2D eigenvalue weighted by Gasteiger charge is 2.32. The van der Waals surface area contributed by atoms with Crippen LogP contribution in [0.15, 0.2) is 60.9 Å². The summed E-state index contributed by atoms with van der Waals surface area (Å²) in [6.45, 7) is 18.9. The minimum Gasteiger partial charge on any atom is -0.459 e. The molecular formula is C38H52N6O4. The predicted molar refractivity (Wildman–Crippen MR) is 189 cm³/mol. The summed E-state index contributed by atoms with van der Waals surface area (Å²) in [5.74, 6) is 0.792.